The van der Waals surface area contributed by atoms with Crippen molar-refractivity contribution in [2.75, 3.05) is 0 Å². The van der Waals surface area contributed by atoms with Crippen LogP contribution in [0.25, 0.3) is 0 Å². The summed E-state index contributed by atoms with van der Waals surface area (Å²) in [5.74, 6) is -0.813. The van der Waals surface area contributed by atoms with Gasteiger partial charge in [-0.25, -0.2) is 0 Å². The molecule has 0 heterocycles. The highest BCUT2D eigenvalue weighted by Gasteiger charge is 2.26. The summed E-state index contributed by atoms with van der Waals surface area (Å²) in [5, 5.41) is 0.538. The van der Waals surface area contributed by atoms with Crippen molar-refractivity contribution in [1.82, 2.24) is 0 Å². The molecular formula is C16H12BrClO3. The first-order valence-corrected chi connectivity index (χ1v) is 7.37. The van der Waals surface area contributed by atoms with E-state index in [1.807, 2.05) is 6.07 Å². The minimum Gasteiger partial charge on any atom is -0.449 e. The van der Waals surface area contributed by atoms with Crippen LogP contribution in [0.5, 0.6) is 0 Å². The van der Waals surface area contributed by atoms with E-state index in [1.54, 1.807) is 42.5 Å². The predicted octanol–water partition coefficient (Wildman–Crippen LogP) is 4.59. The summed E-state index contributed by atoms with van der Waals surface area (Å²) < 4.78 is 5.92. The lowest BCUT2D eigenvalue weighted by molar-refractivity contribution is -0.144. The molecule has 0 aromatic heterocycles. The molecule has 2 aromatic carbocycles. The third kappa shape index (κ3) is 3.93. The molecule has 1 unspecified atom stereocenters. The van der Waals surface area contributed by atoms with Crippen LogP contribution in [0.1, 0.15) is 28.9 Å². The lowest BCUT2D eigenvalue weighted by Crippen LogP contribution is -2.19. The average Bonchev–Trinajstić information content (AvgIpc) is 2.45. The van der Waals surface area contributed by atoms with Gasteiger partial charge in [0.15, 0.2) is 6.10 Å². The number of ketones is 1. The van der Waals surface area contributed by atoms with Gasteiger partial charge in [-0.1, -0.05) is 45.7 Å². The van der Waals surface area contributed by atoms with Crippen LogP contribution >= 0.6 is 27.5 Å². The summed E-state index contributed by atoms with van der Waals surface area (Å²) in [5.41, 5.74) is 1.04. The molecule has 0 aliphatic rings. The molecule has 108 valence electrons. The molecule has 5 heteroatoms. The summed E-state index contributed by atoms with van der Waals surface area (Å²) >= 11 is 9.19. The molecule has 2 aromatic rings. The number of hydrogen-bond donors (Lipinski definition) is 0. The van der Waals surface area contributed by atoms with Crippen LogP contribution in [0.15, 0.2) is 53.0 Å². The topological polar surface area (TPSA) is 43.4 Å². The number of Topliss-reactive ketones (excluding diaryl/α,β-unsaturated/α-hetero) is 1. The highest BCUT2D eigenvalue weighted by molar-refractivity contribution is 9.10. The molecule has 0 amide bonds. The monoisotopic (exact) mass is 366 g/mol. The molecule has 0 saturated carbocycles. The Hall–Kier alpha value is -1.65. The predicted molar refractivity (Wildman–Crippen MR) is 84.4 cm³/mol. The van der Waals surface area contributed by atoms with Gasteiger partial charge in [-0.15, -0.1) is 0 Å². The molecule has 0 fully saturated rings. The Morgan fingerprint density at radius 1 is 1.10 bits per heavy atom. The van der Waals surface area contributed by atoms with E-state index in [1.165, 1.54) is 6.92 Å². The fourth-order valence-corrected chi connectivity index (χ4v) is 2.50. The third-order valence-electron chi connectivity index (χ3n) is 2.84. The Balaban J connectivity index is 2.41. The van der Waals surface area contributed by atoms with Gasteiger partial charge >= 0.3 is 5.97 Å². The van der Waals surface area contributed by atoms with Gasteiger partial charge in [0.1, 0.15) is 0 Å². The van der Waals surface area contributed by atoms with E-state index in [0.29, 0.717) is 20.6 Å². The van der Waals surface area contributed by atoms with Crippen LogP contribution in [0, 0.1) is 0 Å². The zero-order valence-electron chi connectivity index (χ0n) is 11.2. The maximum Gasteiger partial charge on any atom is 0.303 e. The van der Waals surface area contributed by atoms with E-state index < -0.39 is 12.1 Å². The average molecular weight is 368 g/mol. The maximum atomic E-state index is 12.6. The first-order chi connectivity index (χ1) is 9.99. The zero-order valence-corrected chi connectivity index (χ0v) is 13.5. The molecule has 21 heavy (non-hydrogen) atoms. The van der Waals surface area contributed by atoms with Crippen molar-refractivity contribution in [2.45, 2.75) is 13.0 Å². The molecule has 1 atom stereocenters. The van der Waals surface area contributed by atoms with E-state index in [4.69, 9.17) is 16.3 Å². The van der Waals surface area contributed by atoms with Gasteiger partial charge in [0.25, 0.3) is 0 Å². The van der Waals surface area contributed by atoms with Gasteiger partial charge in [0, 0.05) is 27.5 Å². The molecule has 2 rings (SSSR count). The van der Waals surface area contributed by atoms with Gasteiger partial charge in [-0.05, 0) is 30.3 Å². The van der Waals surface area contributed by atoms with Crippen LogP contribution in [0.4, 0.5) is 0 Å². The van der Waals surface area contributed by atoms with Crippen LogP contribution < -0.4 is 0 Å². The highest BCUT2D eigenvalue weighted by atomic mass is 79.9. The zero-order chi connectivity index (χ0) is 15.4. The summed E-state index contributed by atoms with van der Waals surface area (Å²) in [6.45, 7) is 1.28. The second-order valence-corrected chi connectivity index (χ2v) is 5.67. The van der Waals surface area contributed by atoms with Crippen molar-refractivity contribution in [3.8, 4) is 0 Å². The summed E-state index contributed by atoms with van der Waals surface area (Å²) in [7, 11) is 0. The molecule has 0 bridgehead atoms. The van der Waals surface area contributed by atoms with Crippen molar-refractivity contribution >= 4 is 39.3 Å². The first kappa shape index (κ1) is 15.7. The Morgan fingerprint density at radius 2 is 1.71 bits per heavy atom. The van der Waals surface area contributed by atoms with Gasteiger partial charge in [0.05, 0.1) is 0 Å². The second-order valence-electron chi connectivity index (χ2n) is 4.38. The normalized spacial score (nSPS) is 11.8. The fraction of sp³-hybridized carbons (Fsp3) is 0.125. The molecule has 0 spiro atoms. The number of ether oxygens (including phenoxy) is 1. The molecule has 0 saturated heterocycles. The third-order valence-corrected chi connectivity index (χ3v) is 3.81. The number of hydrogen-bond acceptors (Lipinski definition) is 3. The number of esters is 1. The van der Waals surface area contributed by atoms with E-state index >= 15 is 0 Å². The van der Waals surface area contributed by atoms with Gasteiger partial charge in [-0.3, -0.25) is 9.59 Å². The van der Waals surface area contributed by atoms with Crippen molar-refractivity contribution in [1.29, 1.82) is 0 Å². The van der Waals surface area contributed by atoms with Crippen molar-refractivity contribution < 1.29 is 14.3 Å². The van der Waals surface area contributed by atoms with Crippen molar-refractivity contribution in [2.24, 2.45) is 0 Å². The lowest BCUT2D eigenvalue weighted by atomic mass is 10.00. The summed E-state index contributed by atoms with van der Waals surface area (Å²) in [4.78, 5) is 23.9. The minimum atomic E-state index is -0.987. The fourth-order valence-electron chi connectivity index (χ4n) is 1.88. The first-order valence-electron chi connectivity index (χ1n) is 6.20. The standard InChI is InChI=1S/C16H12BrClO3/c1-10(19)21-16(13-4-2-3-5-14(13)17)15(20)11-6-8-12(18)9-7-11/h2-9,16H,1H3. The van der Waals surface area contributed by atoms with Crippen LogP contribution in [-0.4, -0.2) is 11.8 Å². The summed E-state index contributed by atoms with van der Waals surface area (Å²) in [6.07, 6.45) is -0.987. The SMILES string of the molecule is CC(=O)OC(C(=O)c1ccc(Cl)cc1)c1ccccc1Br. The minimum absolute atomic E-state index is 0.297. The summed E-state index contributed by atoms with van der Waals surface area (Å²) in [6, 6.07) is 13.6. The number of carbonyl (C=O) groups is 2. The Bertz CT molecular complexity index is 667. The van der Waals surface area contributed by atoms with Gasteiger partial charge in [0.2, 0.25) is 5.78 Å². The number of halogens is 2. The molecular weight excluding hydrogens is 356 g/mol. The van der Waals surface area contributed by atoms with E-state index in [2.05, 4.69) is 15.9 Å². The van der Waals surface area contributed by atoms with E-state index in [-0.39, 0.29) is 5.78 Å². The highest BCUT2D eigenvalue weighted by Crippen LogP contribution is 2.29. The Morgan fingerprint density at radius 3 is 2.29 bits per heavy atom. The van der Waals surface area contributed by atoms with E-state index in [0.717, 1.165) is 0 Å². The molecule has 0 N–H and O–H groups in total. The van der Waals surface area contributed by atoms with Crippen LogP contribution in [0.2, 0.25) is 5.02 Å². The van der Waals surface area contributed by atoms with E-state index in [9.17, 15) is 9.59 Å². The van der Waals surface area contributed by atoms with Crippen molar-refractivity contribution in [3.63, 3.8) is 0 Å². The van der Waals surface area contributed by atoms with Crippen LogP contribution in [-0.2, 0) is 9.53 Å². The van der Waals surface area contributed by atoms with Crippen LogP contribution in [0.3, 0.4) is 0 Å². The number of benzene rings is 2. The van der Waals surface area contributed by atoms with Gasteiger partial charge < -0.3 is 4.74 Å². The Kier molecular flexibility index (Phi) is 5.15. The maximum absolute atomic E-state index is 12.6. The molecule has 0 radical (unpaired) electrons. The van der Waals surface area contributed by atoms with Crippen molar-refractivity contribution in [3.05, 3.63) is 69.2 Å². The Labute approximate surface area is 136 Å². The quantitative estimate of drug-likeness (QED) is 0.586. The van der Waals surface area contributed by atoms with Gasteiger partial charge in [-0.2, -0.15) is 0 Å². The molecule has 0 aliphatic carbocycles. The molecule has 3 nitrogen and oxygen atoms in total. The number of rotatable bonds is 4. The largest absolute Gasteiger partial charge is 0.449 e. The number of carbonyl (C=O) groups excluding carboxylic acids is 2. The second kappa shape index (κ2) is 6.87. The lowest BCUT2D eigenvalue weighted by Gasteiger charge is -2.17. The smallest absolute Gasteiger partial charge is 0.303 e. The molecule has 0 aliphatic heterocycles.